The van der Waals surface area contributed by atoms with E-state index in [4.69, 9.17) is 0 Å². The van der Waals surface area contributed by atoms with Crippen LogP contribution in [0.25, 0.3) is 21.8 Å². The highest BCUT2D eigenvalue weighted by Crippen LogP contribution is 2.38. The lowest BCUT2D eigenvalue weighted by atomic mass is 9.85. The Morgan fingerprint density at radius 2 is 1.49 bits per heavy atom. The van der Waals surface area contributed by atoms with Crippen LogP contribution in [0, 0.1) is 6.92 Å². The van der Waals surface area contributed by atoms with Crippen LogP contribution >= 0.6 is 11.3 Å². The zero-order valence-corrected chi connectivity index (χ0v) is 20.0. The number of hydrogen-bond donors (Lipinski definition) is 3. The lowest BCUT2D eigenvalue weighted by Crippen LogP contribution is -2.14. The van der Waals surface area contributed by atoms with Gasteiger partial charge in [-0.2, -0.15) is 0 Å². The molecule has 0 aliphatic rings. The number of thiazole rings is 1. The van der Waals surface area contributed by atoms with Gasteiger partial charge in [0, 0.05) is 45.8 Å². The van der Waals surface area contributed by atoms with Gasteiger partial charge in [-0.1, -0.05) is 54.6 Å². The van der Waals surface area contributed by atoms with E-state index in [0.717, 1.165) is 34.4 Å². The van der Waals surface area contributed by atoms with Gasteiger partial charge >= 0.3 is 0 Å². The minimum atomic E-state index is -0.117. The van der Waals surface area contributed by atoms with Crippen LogP contribution < -0.4 is 5.32 Å². The molecule has 3 aromatic carbocycles. The van der Waals surface area contributed by atoms with Crippen LogP contribution in [0.15, 0.2) is 90.7 Å². The number of carbonyl (C=O) groups is 1. The maximum Gasteiger partial charge on any atom is 0.267 e. The van der Waals surface area contributed by atoms with Gasteiger partial charge in [-0.3, -0.25) is 4.79 Å². The highest BCUT2D eigenvalue weighted by Gasteiger charge is 2.23. The molecule has 0 saturated carbocycles. The highest BCUT2D eigenvalue weighted by molar-refractivity contribution is 7.12. The molecule has 0 unspecified atom stereocenters. The monoisotopic (exact) mass is 476 g/mol. The van der Waals surface area contributed by atoms with Crippen LogP contribution in [0.4, 0.5) is 5.69 Å². The van der Waals surface area contributed by atoms with Crippen molar-refractivity contribution in [3.63, 3.8) is 0 Å². The van der Waals surface area contributed by atoms with Crippen LogP contribution in [-0.4, -0.2) is 20.9 Å². The lowest BCUT2D eigenvalue weighted by Gasteiger charge is -2.19. The molecule has 1 amide bonds. The summed E-state index contributed by atoms with van der Waals surface area (Å²) in [6.45, 7) is 1.86. The SMILES string of the molecule is Cc1ncsc1C(=O)Nc1ccccc1CC(c1c[nH]c2ccccc12)c1c[nH]c2ccccc12. The third-order valence-electron chi connectivity index (χ3n) is 6.63. The number of benzene rings is 3. The number of amides is 1. The first-order chi connectivity index (χ1) is 17.2. The Bertz CT molecular complexity index is 1580. The summed E-state index contributed by atoms with van der Waals surface area (Å²) in [6, 6.07) is 24.9. The Morgan fingerprint density at radius 3 is 2.11 bits per heavy atom. The minimum absolute atomic E-state index is 0.0884. The Hall–Kier alpha value is -4.16. The number of fused-ring (bicyclic) bond motifs is 2. The van der Waals surface area contributed by atoms with E-state index in [0.29, 0.717) is 4.88 Å². The molecular formula is C29H24N4OS. The Labute approximate surface area is 206 Å². The molecule has 0 fully saturated rings. The number of aromatic nitrogens is 3. The summed E-state index contributed by atoms with van der Waals surface area (Å²) in [5.74, 6) is -0.0290. The first-order valence-electron chi connectivity index (χ1n) is 11.6. The smallest absolute Gasteiger partial charge is 0.267 e. The molecule has 6 rings (SSSR count). The number of H-pyrrole nitrogens is 2. The number of rotatable bonds is 6. The Balaban J connectivity index is 1.44. The quantitative estimate of drug-likeness (QED) is 0.241. The van der Waals surface area contributed by atoms with E-state index in [1.807, 2.05) is 25.1 Å². The molecule has 6 aromatic rings. The molecule has 6 heteroatoms. The van der Waals surface area contributed by atoms with Gasteiger partial charge in [0.25, 0.3) is 5.91 Å². The predicted molar refractivity (Wildman–Crippen MR) is 143 cm³/mol. The summed E-state index contributed by atoms with van der Waals surface area (Å²) in [5.41, 5.74) is 9.10. The predicted octanol–water partition coefficient (Wildman–Crippen LogP) is 7.04. The zero-order chi connectivity index (χ0) is 23.8. The van der Waals surface area contributed by atoms with Crippen LogP contribution in [-0.2, 0) is 6.42 Å². The van der Waals surface area contributed by atoms with E-state index < -0.39 is 0 Å². The summed E-state index contributed by atoms with van der Waals surface area (Å²) in [4.78, 5) is 24.8. The molecule has 0 bridgehead atoms. The third-order valence-corrected chi connectivity index (χ3v) is 7.56. The molecule has 5 nitrogen and oxygen atoms in total. The Morgan fingerprint density at radius 1 is 0.886 bits per heavy atom. The summed E-state index contributed by atoms with van der Waals surface area (Å²) in [7, 11) is 0. The van der Waals surface area contributed by atoms with Crippen LogP contribution in [0.5, 0.6) is 0 Å². The molecule has 0 aliphatic carbocycles. The fraction of sp³-hybridized carbons (Fsp3) is 0.103. The molecule has 0 atom stereocenters. The van der Waals surface area contributed by atoms with Crippen LogP contribution in [0.2, 0.25) is 0 Å². The second kappa shape index (κ2) is 8.89. The minimum Gasteiger partial charge on any atom is -0.361 e. The molecule has 0 aliphatic heterocycles. The van der Waals surface area contributed by atoms with Gasteiger partial charge in [0.1, 0.15) is 4.88 Å². The fourth-order valence-electron chi connectivity index (χ4n) is 4.89. The van der Waals surface area contributed by atoms with E-state index in [2.05, 4.69) is 87.3 Å². The second-order valence-electron chi connectivity index (χ2n) is 8.71. The number of nitrogens with zero attached hydrogens (tertiary/aromatic N) is 1. The summed E-state index contributed by atoms with van der Waals surface area (Å²) < 4.78 is 0. The largest absolute Gasteiger partial charge is 0.361 e. The molecule has 3 aromatic heterocycles. The van der Waals surface area contributed by atoms with E-state index in [1.165, 1.54) is 33.2 Å². The second-order valence-corrected chi connectivity index (χ2v) is 9.57. The number of aryl methyl sites for hydroxylation is 1. The number of carbonyl (C=O) groups excluding carboxylic acids is 1. The molecule has 0 spiro atoms. The maximum absolute atomic E-state index is 13.0. The summed E-state index contributed by atoms with van der Waals surface area (Å²) in [6.07, 6.45) is 4.99. The topological polar surface area (TPSA) is 73.6 Å². The van der Waals surface area contributed by atoms with E-state index in [1.54, 1.807) is 5.51 Å². The fourth-order valence-corrected chi connectivity index (χ4v) is 5.59. The van der Waals surface area contributed by atoms with E-state index >= 15 is 0 Å². The normalized spacial score (nSPS) is 11.5. The molecule has 3 N–H and O–H groups in total. The first kappa shape index (κ1) is 21.4. The molecule has 172 valence electrons. The lowest BCUT2D eigenvalue weighted by molar-refractivity contribution is 0.102. The van der Waals surface area contributed by atoms with Crippen molar-refractivity contribution in [1.29, 1.82) is 0 Å². The average molecular weight is 477 g/mol. The molecule has 0 saturated heterocycles. The van der Waals surface area contributed by atoms with E-state index in [-0.39, 0.29) is 11.8 Å². The van der Waals surface area contributed by atoms with Crippen molar-refractivity contribution in [3.05, 3.63) is 118 Å². The summed E-state index contributed by atoms with van der Waals surface area (Å²) >= 11 is 1.36. The number of aromatic amines is 2. The number of nitrogens with one attached hydrogen (secondary N) is 3. The van der Waals surface area contributed by atoms with Crippen molar-refractivity contribution in [2.24, 2.45) is 0 Å². The Kier molecular flexibility index (Phi) is 5.43. The third kappa shape index (κ3) is 3.92. The van der Waals surface area contributed by atoms with Gasteiger partial charge in [-0.25, -0.2) is 4.98 Å². The van der Waals surface area contributed by atoms with Gasteiger partial charge in [-0.05, 0) is 48.2 Å². The molecular weight excluding hydrogens is 452 g/mol. The van der Waals surface area contributed by atoms with E-state index in [9.17, 15) is 4.79 Å². The van der Waals surface area contributed by atoms with Gasteiger partial charge in [0.2, 0.25) is 0 Å². The standard InChI is InChI=1S/C29H24N4OS/c1-18-28(35-17-32-18)29(34)33-25-11-5-2-8-19(25)14-22(23-15-30-26-12-6-3-9-20(23)26)24-16-31-27-13-7-4-10-21(24)27/h2-13,15-17,22,30-31H,14H2,1H3,(H,33,34). The van der Waals surface area contributed by atoms with Crippen molar-refractivity contribution >= 4 is 44.7 Å². The maximum atomic E-state index is 13.0. The average Bonchev–Trinajstić information content (AvgIpc) is 3.62. The van der Waals surface area contributed by atoms with Crippen LogP contribution in [0.3, 0.4) is 0 Å². The highest BCUT2D eigenvalue weighted by atomic mass is 32.1. The van der Waals surface area contributed by atoms with Gasteiger partial charge in [0.15, 0.2) is 0 Å². The van der Waals surface area contributed by atoms with Crippen molar-refractivity contribution in [2.45, 2.75) is 19.3 Å². The zero-order valence-electron chi connectivity index (χ0n) is 19.2. The van der Waals surface area contributed by atoms with Gasteiger partial charge in [0.05, 0.1) is 11.2 Å². The van der Waals surface area contributed by atoms with Crippen molar-refractivity contribution < 1.29 is 4.79 Å². The van der Waals surface area contributed by atoms with Gasteiger partial charge in [-0.15, -0.1) is 11.3 Å². The van der Waals surface area contributed by atoms with Crippen LogP contribution in [0.1, 0.15) is 38.0 Å². The number of hydrogen-bond acceptors (Lipinski definition) is 3. The molecule has 0 radical (unpaired) electrons. The molecule has 35 heavy (non-hydrogen) atoms. The molecule has 3 heterocycles. The van der Waals surface area contributed by atoms with Gasteiger partial charge < -0.3 is 15.3 Å². The van der Waals surface area contributed by atoms with Crippen molar-refractivity contribution in [2.75, 3.05) is 5.32 Å². The van der Waals surface area contributed by atoms with Crippen molar-refractivity contribution in [1.82, 2.24) is 15.0 Å². The first-order valence-corrected chi connectivity index (χ1v) is 12.5. The number of anilines is 1. The van der Waals surface area contributed by atoms with Crippen molar-refractivity contribution in [3.8, 4) is 0 Å². The summed E-state index contributed by atoms with van der Waals surface area (Å²) in [5, 5.41) is 5.57. The number of para-hydroxylation sites is 3.